The number of aryl methyl sites for hydroxylation is 1. The van der Waals surface area contributed by atoms with Crippen molar-refractivity contribution in [1.82, 2.24) is 14.5 Å². The molecule has 1 unspecified atom stereocenters. The zero-order valence-corrected chi connectivity index (χ0v) is 16.0. The summed E-state index contributed by atoms with van der Waals surface area (Å²) in [6.45, 7) is 5.17. The summed E-state index contributed by atoms with van der Waals surface area (Å²) >= 11 is 0. The summed E-state index contributed by atoms with van der Waals surface area (Å²) in [6.07, 6.45) is 1.12. The monoisotopic (exact) mass is 362 g/mol. The van der Waals surface area contributed by atoms with Crippen molar-refractivity contribution in [3.63, 3.8) is 0 Å². The van der Waals surface area contributed by atoms with Gasteiger partial charge in [-0.15, -0.1) is 0 Å². The van der Waals surface area contributed by atoms with Gasteiger partial charge in [-0.25, -0.2) is 4.98 Å². The van der Waals surface area contributed by atoms with E-state index in [4.69, 9.17) is 0 Å². The summed E-state index contributed by atoms with van der Waals surface area (Å²) in [4.78, 5) is 21.7. The Hall–Kier alpha value is -2.82. The van der Waals surface area contributed by atoms with E-state index in [1.54, 1.807) is 0 Å². The summed E-state index contributed by atoms with van der Waals surface area (Å²) < 4.78 is 2.01. The Kier molecular flexibility index (Phi) is 4.84. The maximum atomic E-state index is 12.8. The van der Waals surface area contributed by atoms with Gasteiger partial charge in [-0.05, 0) is 43.5 Å². The molecule has 1 saturated heterocycles. The molecule has 2 aromatic carbocycles. The number of amides is 1. The first-order valence-electron chi connectivity index (χ1n) is 9.57. The molecular formula is C22H26N4O. The van der Waals surface area contributed by atoms with Crippen LogP contribution < -0.4 is 4.90 Å². The lowest BCUT2D eigenvalue weighted by Crippen LogP contribution is -2.35. The minimum atomic E-state index is 0.138. The Morgan fingerprint density at radius 1 is 1.15 bits per heavy atom. The molecule has 1 amide bonds. The number of likely N-dealkylation sites (N-methyl/N-ethyl adjacent to an activating group) is 1. The molecular weight excluding hydrogens is 336 g/mol. The molecule has 0 aliphatic carbocycles. The van der Waals surface area contributed by atoms with E-state index in [1.807, 2.05) is 53.8 Å². The Bertz CT molecular complexity index is 934. The van der Waals surface area contributed by atoms with Gasteiger partial charge in [-0.2, -0.15) is 0 Å². The molecule has 0 saturated carbocycles. The first kappa shape index (κ1) is 17.6. The van der Waals surface area contributed by atoms with Crippen LogP contribution in [0.4, 0.5) is 5.69 Å². The van der Waals surface area contributed by atoms with Gasteiger partial charge < -0.3 is 14.4 Å². The van der Waals surface area contributed by atoms with Crippen molar-refractivity contribution < 1.29 is 4.79 Å². The van der Waals surface area contributed by atoms with Crippen LogP contribution in [0.25, 0.3) is 11.0 Å². The van der Waals surface area contributed by atoms with E-state index in [0.717, 1.165) is 42.9 Å². The van der Waals surface area contributed by atoms with Gasteiger partial charge in [0, 0.05) is 32.4 Å². The highest BCUT2D eigenvalue weighted by molar-refractivity contribution is 5.81. The molecule has 27 heavy (non-hydrogen) atoms. The number of rotatable bonds is 5. The van der Waals surface area contributed by atoms with Gasteiger partial charge >= 0.3 is 0 Å². The van der Waals surface area contributed by atoms with Crippen molar-refractivity contribution in [2.24, 2.45) is 5.92 Å². The van der Waals surface area contributed by atoms with E-state index in [2.05, 4.69) is 34.1 Å². The number of hydrogen-bond donors (Lipinski definition) is 0. The van der Waals surface area contributed by atoms with E-state index in [9.17, 15) is 4.79 Å². The number of aromatic nitrogens is 2. The van der Waals surface area contributed by atoms with E-state index in [-0.39, 0.29) is 5.91 Å². The first-order valence-corrected chi connectivity index (χ1v) is 9.57. The Morgan fingerprint density at radius 2 is 1.89 bits per heavy atom. The smallest absolute Gasteiger partial charge is 0.242 e. The van der Waals surface area contributed by atoms with Crippen LogP contribution in [0.1, 0.15) is 12.2 Å². The van der Waals surface area contributed by atoms with Crippen LogP contribution in [0.15, 0.2) is 54.6 Å². The number of fused-ring (bicyclic) bond motifs is 1. The number of hydrogen-bond acceptors (Lipinski definition) is 3. The molecule has 1 fully saturated rings. The number of imidazole rings is 1. The molecule has 0 N–H and O–H groups in total. The third-order valence-electron chi connectivity index (χ3n) is 5.50. The standard InChI is InChI=1S/C22H26N4O/c1-17-23-20-10-6-7-11-21(20)26(17)16-22(27)24(2)14-18-12-13-25(15-18)19-8-4-3-5-9-19/h3-11,18H,12-16H2,1-2H3. The summed E-state index contributed by atoms with van der Waals surface area (Å²) in [6, 6.07) is 18.5. The molecule has 1 aromatic heterocycles. The molecule has 1 aliphatic rings. The van der Waals surface area contributed by atoms with Crippen LogP contribution in [0, 0.1) is 12.8 Å². The zero-order chi connectivity index (χ0) is 18.8. The molecule has 1 atom stereocenters. The molecule has 1 aliphatic heterocycles. The van der Waals surface area contributed by atoms with Crippen molar-refractivity contribution in [2.45, 2.75) is 19.9 Å². The summed E-state index contributed by atoms with van der Waals surface area (Å²) in [7, 11) is 1.92. The van der Waals surface area contributed by atoms with Crippen LogP contribution in [0.5, 0.6) is 0 Å². The van der Waals surface area contributed by atoms with E-state index in [1.165, 1.54) is 5.69 Å². The number of carbonyl (C=O) groups is 1. The number of benzene rings is 2. The first-order chi connectivity index (χ1) is 13.1. The molecule has 0 bridgehead atoms. The normalized spacial score (nSPS) is 16.8. The molecule has 0 spiro atoms. The van der Waals surface area contributed by atoms with Crippen molar-refractivity contribution in [3.05, 3.63) is 60.4 Å². The average Bonchev–Trinajstić information content (AvgIpc) is 3.27. The Labute approximate surface area is 160 Å². The molecule has 3 aromatic rings. The Balaban J connectivity index is 1.38. The predicted molar refractivity (Wildman–Crippen MR) is 109 cm³/mol. The molecule has 4 rings (SSSR count). The van der Waals surface area contributed by atoms with Gasteiger partial charge in [-0.3, -0.25) is 4.79 Å². The van der Waals surface area contributed by atoms with Crippen LogP contribution in [0.3, 0.4) is 0 Å². The average molecular weight is 362 g/mol. The highest BCUT2D eigenvalue weighted by atomic mass is 16.2. The largest absolute Gasteiger partial charge is 0.371 e. The third kappa shape index (κ3) is 3.68. The van der Waals surface area contributed by atoms with Crippen molar-refractivity contribution in [2.75, 3.05) is 31.6 Å². The van der Waals surface area contributed by atoms with Crippen molar-refractivity contribution in [3.8, 4) is 0 Å². The summed E-state index contributed by atoms with van der Waals surface area (Å²) in [5.41, 5.74) is 3.24. The van der Waals surface area contributed by atoms with E-state index in [0.29, 0.717) is 12.5 Å². The third-order valence-corrected chi connectivity index (χ3v) is 5.50. The Morgan fingerprint density at radius 3 is 2.70 bits per heavy atom. The minimum Gasteiger partial charge on any atom is -0.371 e. The molecule has 0 radical (unpaired) electrons. The van der Waals surface area contributed by atoms with Crippen LogP contribution in [-0.4, -0.2) is 47.0 Å². The van der Waals surface area contributed by atoms with Gasteiger partial charge in [0.2, 0.25) is 5.91 Å². The SMILES string of the molecule is Cc1nc2ccccc2n1CC(=O)N(C)CC1CCN(c2ccccc2)C1. The van der Waals surface area contributed by atoms with Gasteiger partial charge in [0.25, 0.3) is 0 Å². The van der Waals surface area contributed by atoms with Gasteiger partial charge in [0.05, 0.1) is 11.0 Å². The maximum Gasteiger partial charge on any atom is 0.242 e. The number of nitrogens with zero attached hydrogens (tertiary/aromatic N) is 4. The van der Waals surface area contributed by atoms with Gasteiger partial charge in [0.1, 0.15) is 12.4 Å². The minimum absolute atomic E-state index is 0.138. The molecule has 5 heteroatoms. The van der Waals surface area contributed by atoms with E-state index < -0.39 is 0 Å². The summed E-state index contributed by atoms with van der Waals surface area (Å²) in [5.74, 6) is 1.54. The lowest BCUT2D eigenvalue weighted by Gasteiger charge is -2.23. The predicted octanol–water partition coefficient (Wildman–Crippen LogP) is 3.33. The molecule has 2 heterocycles. The molecule has 5 nitrogen and oxygen atoms in total. The highest BCUT2D eigenvalue weighted by Crippen LogP contribution is 2.24. The van der Waals surface area contributed by atoms with Crippen LogP contribution in [0.2, 0.25) is 0 Å². The van der Waals surface area contributed by atoms with E-state index >= 15 is 0 Å². The topological polar surface area (TPSA) is 41.4 Å². The second kappa shape index (κ2) is 7.43. The second-order valence-electron chi connectivity index (χ2n) is 7.44. The quantitative estimate of drug-likeness (QED) is 0.699. The number of anilines is 1. The fraction of sp³-hybridized carbons (Fsp3) is 0.364. The van der Waals surface area contributed by atoms with Crippen molar-refractivity contribution in [1.29, 1.82) is 0 Å². The fourth-order valence-corrected chi connectivity index (χ4v) is 4.00. The number of carbonyl (C=O) groups excluding carboxylic acids is 1. The lowest BCUT2D eigenvalue weighted by atomic mass is 10.1. The summed E-state index contributed by atoms with van der Waals surface area (Å²) in [5, 5.41) is 0. The number of para-hydroxylation sites is 3. The van der Waals surface area contributed by atoms with Gasteiger partial charge in [0.15, 0.2) is 0 Å². The van der Waals surface area contributed by atoms with Crippen molar-refractivity contribution >= 4 is 22.6 Å². The van der Waals surface area contributed by atoms with Crippen LogP contribution in [-0.2, 0) is 11.3 Å². The second-order valence-corrected chi connectivity index (χ2v) is 7.44. The maximum absolute atomic E-state index is 12.8. The van der Waals surface area contributed by atoms with Crippen LogP contribution >= 0.6 is 0 Å². The zero-order valence-electron chi connectivity index (χ0n) is 16.0. The lowest BCUT2D eigenvalue weighted by molar-refractivity contribution is -0.131. The molecule has 140 valence electrons. The highest BCUT2D eigenvalue weighted by Gasteiger charge is 2.25. The fourth-order valence-electron chi connectivity index (χ4n) is 4.00. The van der Waals surface area contributed by atoms with Gasteiger partial charge in [-0.1, -0.05) is 30.3 Å².